The van der Waals surface area contributed by atoms with E-state index in [9.17, 15) is 4.79 Å². The number of halogens is 1. The zero-order valence-electron chi connectivity index (χ0n) is 14.1. The third kappa shape index (κ3) is 5.67. The fraction of sp³-hybridized carbons (Fsp3) is 0.529. The molecule has 0 aromatic heterocycles. The first kappa shape index (κ1) is 19.7. The van der Waals surface area contributed by atoms with Crippen molar-refractivity contribution in [2.75, 3.05) is 18.5 Å². The zero-order chi connectivity index (χ0) is 15.9. The number of carbonyl (C=O) groups is 1. The van der Waals surface area contributed by atoms with Gasteiger partial charge in [-0.05, 0) is 37.5 Å². The Labute approximate surface area is 156 Å². The molecular weight excluding hydrogens is 403 g/mol. The lowest BCUT2D eigenvalue weighted by Crippen LogP contribution is -2.41. The quantitative estimate of drug-likeness (QED) is 0.429. The molecule has 6 heteroatoms. The van der Waals surface area contributed by atoms with Crippen LogP contribution in [0.1, 0.15) is 38.7 Å². The summed E-state index contributed by atoms with van der Waals surface area (Å²) in [4.78, 5) is 17.8. The molecule has 1 heterocycles. The van der Waals surface area contributed by atoms with Crippen LogP contribution in [0.5, 0.6) is 0 Å². The molecule has 1 aliphatic rings. The summed E-state index contributed by atoms with van der Waals surface area (Å²) in [6.07, 6.45) is 2.68. The molecule has 1 amide bonds. The van der Waals surface area contributed by atoms with Crippen LogP contribution in [0.15, 0.2) is 29.3 Å². The Morgan fingerprint density at radius 1 is 1.35 bits per heavy atom. The Morgan fingerprint density at radius 3 is 2.57 bits per heavy atom. The molecule has 23 heavy (non-hydrogen) atoms. The summed E-state index contributed by atoms with van der Waals surface area (Å²) in [6.45, 7) is 5.82. The van der Waals surface area contributed by atoms with Crippen molar-refractivity contribution in [3.8, 4) is 0 Å². The predicted molar refractivity (Wildman–Crippen MR) is 107 cm³/mol. The second kappa shape index (κ2) is 9.75. The number of benzene rings is 1. The van der Waals surface area contributed by atoms with Crippen LogP contribution in [0.4, 0.5) is 5.69 Å². The SMILES string of the molecule is CCC(C)NC(=NC)NCc1ccc(N2CCCC2=O)cc1.I. The Kier molecular flexibility index (Phi) is 8.36. The van der Waals surface area contributed by atoms with E-state index in [2.05, 4.69) is 41.6 Å². The monoisotopic (exact) mass is 430 g/mol. The van der Waals surface area contributed by atoms with Crippen LogP contribution >= 0.6 is 24.0 Å². The van der Waals surface area contributed by atoms with E-state index in [-0.39, 0.29) is 29.9 Å². The molecule has 0 spiro atoms. The van der Waals surface area contributed by atoms with Gasteiger partial charge in [0.25, 0.3) is 0 Å². The van der Waals surface area contributed by atoms with Crippen molar-refractivity contribution in [1.29, 1.82) is 0 Å². The molecule has 0 saturated carbocycles. The van der Waals surface area contributed by atoms with E-state index in [1.54, 1.807) is 7.05 Å². The van der Waals surface area contributed by atoms with Crippen LogP contribution in [0.3, 0.4) is 0 Å². The molecule has 0 radical (unpaired) electrons. The Balaban J connectivity index is 0.00000264. The molecule has 1 fully saturated rings. The summed E-state index contributed by atoms with van der Waals surface area (Å²) < 4.78 is 0. The standard InChI is InChI=1S/C17H26N4O.HI/c1-4-13(2)20-17(18-3)19-12-14-7-9-15(10-8-14)21-11-5-6-16(21)22;/h7-10,13H,4-6,11-12H2,1-3H3,(H2,18,19,20);1H. The predicted octanol–water partition coefficient (Wildman–Crippen LogP) is 2.89. The number of aliphatic imine (C=N–C) groups is 1. The van der Waals surface area contributed by atoms with Gasteiger partial charge in [-0.1, -0.05) is 19.1 Å². The van der Waals surface area contributed by atoms with Crippen LogP contribution in [-0.2, 0) is 11.3 Å². The highest BCUT2D eigenvalue weighted by Gasteiger charge is 2.21. The van der Waals surface area contributed by atoms with Crippen LogP contribution in [0, 0.1) is 0 Å². The number of guanidine groups is 1. The molecular formula is C17H27IN4O. The summed E-state index contributed by atoms with van der Waals surface area (Å²) in [5, 5.41) is 6.64. The van der Waals surface area contributed by atoms with Gasteiger partial charge in [-0.25, -0.2) is 0 Å². The van der Waals surface area contributed by atoms with E-state index >= 15 is 0 Å². The maximum absolute atomic E-state index is 11.7. The molecule has 1 aromatic rings. The van der Waals surface area contributed by atoms with Gasteiger partial charge in [0.1, 0.15) is 0 Å². The second-order valence-corrected chi connectivity index (χ2v) is 5.69. The zero-order valence-corrected chi connectivity index (χ0v) is 16.5. The van der Waals surface area contributed by atoms with Crippen molar-refractivity contribution < 1.29 is 4.79 Å². The fourth-order valence-electron chi connectivity index (χ4n) is 2.43. The summed E-state index contributed by atoms with van der Waals surface area (Å²) in [5.41, 5.74) is 2.16. The highest BCUT2D eigenvalue weighted by Crippen LogP contribution is 2.21. The number of nitrogens with one attached hydrogen (secondary N) is 2. The maximum atomic E-state index is 11.7. The van der Waals surface area contributed by atoms with Crippen molar-refractivity contribution in [3.63, 3.8) is 0 Å². The van der Waals surface area contributed by atoms with Crippen LogP contribution in [-0.4, -0.2) is 31.5 Å². The minimum atomic E-state index is 0. The lowest BCUT2D eigenvalue weighted by Gasteiger charge is -2.18. The summed E-state index contributed by atoms with van der Waals surface area (Å²) >= 11 is 0. The number of carbonyl (C=O) groups excluding carboxylic acids is 1. The van der Waals surface area contributed by atoms with Crippen LogP contribution < -0.4 is 15.5 Å². The van der Waals surface area contributed by atoms with E-state index in [4.69, 9.17) is 0 Å². The Bertz CT molecular complexity index is 530. The van der Waals surface area contributed by atoms with Crippen molar-refractivity contribution in [3.05, 3.63) is 29.8 Å². The lowest BCUT2D eigenvalue weighted by atomic mass is 10.2. The molecule has 2 rings (SSSR count). The number of anilines is 1. The van der Waals surface area contributed by atoms with Crippen molar-refractivity contribution in [2.24, 2.45) is 4.99 Å². The number of rotatable bonds is 5. The summed E-state index contributed by atoms with van der Waals surface area (Å²) in [5.74, 6) is 1.04. The van der Waals surface area contributed by atoms with Crippen molar-refractivity contribution in [1.82, 2.24) is 10.6 Å². The molecule has 1 atom stereocenters. The van der Waals surface area contributed by atoms with Crippen LogP contribution in [0.2, 0.25) is 0 Å². The number of hydrogen-bond acceptors (Lipinski definition) is 2. The van der Waals surface area contributed by atoms with Gasteiger partial charge >= 0.3 is 0 Å². The topological polar surface area (TPSA) is 56.7 Å². The molecule has 2 N–H and O–H groups in total. The van der Waals surface area contributed by atoms with Gasteiger partial charge in [-0.2, -0.15) is 0 Å². The molecule has 1 aliphatic heterocycles. The lowest BCUT2D eigenvalue weighted by molar-refractivity contribution is -0.117. The van der Waals surface area contributed by atoms with E-state index < -0.39 is 0 Å². The highest BCUT2D eigenvalue weighted by molar-refractivity contribution is 14.0. The number of hydrogen-bond donors (Lipinski definition) is 2. The minimum absolute atomic E-state index is 0. The Morgan fingerprint density at radius 2 is 2.04 bits per heavy atom. The molecule has 0 aliphatic carbocycles. The second-order valence-electron chi connectivity index (χ2n) is 5.69. The van der Waals surface area contributed by atoms with Crippen LogP contribution in [0.25, 0.3) is 0 Å². The average molecular weight is 430 g/mol. The average Bonchev–Trinajstić information content (AvgIpc) is 2.97. The van der Waals surface area contributed by atoms with Crippen molar-refractivity contribution in [2.45, 2.75) is 45.7 Å². The molecule has 1 unspecified atom stereocenters. The maximum Gasteiger partial charge on any atom is 0.227 e. The smallest absolute Gasteiger partial charge is 0.227 e. The van der Waals surface area contributed by atoms with Gasteiger partial charge in [-0.15, -0.1) is 24.0 Å². The van der Waals surface area contributed by atoms with E-state index in [1.807, 2.05) is 17.0 Å². The first-order valence-corrected chi connectivity index (χ1v) is 8.00. The largest absolute Gasteiger partial charge is 0.354 e. The minimum Gasteiger partial charge on any atom is -0.354 e. The molecule has 5 nitrogen and oxygen atoms in total. The molecule has 1 aromatic carbocycles. The first-order valence-electron chi connectivity index (χ1n) is 8.00. The first-order chi connectivity index (χ1) is 10.6. The van der Waals surface area contributed by atoms with Gasteiger partial charge in [-0.3, -0.25) is 9.79 Å². The molecule has 0 bridgehead atoms. The third-order valence-corrected chi connectivity index (χ3v) is 4.00. The number of nitrogens with zero attached hydrogens (tertiary/aromatic N) is 2. The molecule has 1 saturated heterocycles. The Hall–Kier alpha value is -1.31. The summed E-state index contributed by atoms with van der Waals surface area (Å²) in [6, 6.07) is 8.56. The highest BCUT2D eigenvalue weighted by atomic mass is 127. The van der Waals surface area contributed by atoms with E-state index in [1.165, 1.54) is 5.56 Å². The van der Waals surface area contributed by atoms with Gasteiger partial charge in [0.2, 0.25) is 5.91 Å². The van der Waals surface area contributed by atoms with Crippen molar-refractivity contribution >= 4 is 41.5 Å². The fourth-order valence-corrected chi connectivity index (χ4v) is 2.43. The van der Waals surface area contributed by atoms with Gasteiger partial charge < -0.3 is 15.5 Å². The summed E-state index contributed by atoms with van der Waals surface area (Å²) in [7, 11) is 1.78. The van der Waals surface area contributed by atoms with E-state index in [0.29, 0.717) is 19.0 Å². The third-order valence-electron chi connectivity index (χ3n) is 4.00. The van der Waals surface area contributed by atoms with E-state index in [0.717, 1.165) is 31.0 Å². The van der Waals surface area contributed by atoms with Gasteiger partial charge in [0.15, 0.2) is 5.96 Å². The normalized spacial score (nSPS) is 16.0. The molecule has 128 valence electrons. The van der Waals surface area contributed by atoms with Gasteiger partial charge in [0, 0.05) is 38.3 Å². The number of amides is 1. The van der Waals surface area contributed by atoms with Gasteiger partial charge in [0.05, 0.1) is 0 Å².